The molecular weight excluding hydrogens is 146 g/mol. The van der Waals surface area contributed by atoms with Gasteiger partial charge in [0, 0.05) is 6.04 Å². The van der Waals surface area contributed by atoms with Crippen LogP contribution in [0.5, 0.6) is 0 Å². The molecule has 0 aromatic rings. The SMILES string of the molecule is CC(N)CC(C)CCC(C)(C)C. The Balaban J connectivity index is 3.51. The van der Waals surface area contributed by atoms with Gasteiger partial charge in [-0.1, -0.05) is 34.1 Å². The lowest BCUT2D eigenvalue weighted by Crippen LogP contribution is -2.19. The summed E-state index contributed by atoms with van der Waals surface area (Å²) in [6, 6.07) is 0.361. The summed E-state index contributed by atoms with van der Waals surface area (Å²) < 4.78 is 0. The van der Waals surface area contributed by atoms with Gasteiger partial charge in [-0.15, -0.1) is 0 Å². The highest BCUT2D eigenvalue weighted by Crippen LogP contribution is 2.24. The van der Waals surface area contributed by atoms with Gasteiger partial charge in [0.05, 0.1) is 0 Å². The molecule has 2 unspecified atom stereocenters. The molecule has 0 amide bonds. The maximum atomic E-state index is 5.73. The Morgan fingerprint density at radius 3 is 2.00 bits per heavy atom. The lowest BCUT2D eigenvalue weighted by Gasteiger charge is -2.21. The van der Waals surface area contributed by atoms with Gasteiger partial charge in [0.15, 0.2) is 0 Å². The fraction of sp³-hybridized carbons (Fsp3) is 1.00. The zero-order chi connectivity index (χ0) is 9.78. The summed E-state index contributed by atoms with van der Waals surface area (Å²) in [7, 11) is 0. The fourth-order valence-electron chi connectivity index (χ4n) is 1.43. The standard InChI is InChI=1S/C11H25N/c1-9(8-10(2)12)6-7-11(3,4)5/h9-10H,6-8,12H2,1-5H3. The molecule has 0 heterocycles. The second-order valence-electron chi connectivity index (χ2n) is 5.42. The third-order valence-corrected chi connectivity index (χ3v) is 2.16. The second-order valence-corrected chi connectivity index (χ2v) is 5.42. The third kappa shape index (κ3) is 8.06. The zero-order valence-corrected chi connectivity index (χ0v) is 9.35. The smallest absolute Gasteiger partial charge is 0.00130 e. The molecule has 0 fully saturated rings. The van der Waals surface area contributed by atoms with Crippen molar-refractivity contribution >= 4 is 0 Å². The van der Waals surface area contributed by atoms with Gasteiger partial charge >= 0.3 is 0 Å². The number of hydrogen-bond donors (Lipinski definition) is 1. The molecule has 1 heteroatoms. The summed E-state index contributed by atoms with van der Waals surface area (Å²) in [5.74, 6) is 0.782. The fourth-order valence-corrected chi connectivity index (χ4v) is 1.43. The topological polar surface area (TPSA) is 26.0 Å². The van der Waals surface area contributed by atoms with Crippen LogP contribution in [0, 0.1) is 11.3 Å². The number of hydrogen-bond acceptors (Lipinski definition) is 1. The summed E-state index contributed by atoms with van der Waals surface area (Å²) in [6.45, 7) is 11.3. The lowest BCUT2D eigenvalue weighted by molar-refractivity contribution is 0.317. The van der Waals surface area contributed by atoms with Gasteiger partial charge in [-0.25, -0.2) is 0 Å². The molecule has 0 aromatic heterocycles. The molecule has 0 saturated heterocycles. The first-order chi connectivity index (χ1) is 5.31. The van der Waals surface area contributed by atoms with E-state index < -0.39 is 0 Å². The molecule has 2 N–H and O–H groups in total. The molecule has 0 bridgehead atoms. The highest BCUT2D eigenvalue weighted by atomic mass is 14.6. The van der Waals surface area contributed by atoms with Crippen molar-refractivity contribution in [2.75, 3.05) is 0 Å². The minimum Gasteiger partial charge on any atom is -0.328 e. The molecule has 2 atom stereocenters. The summed E-state index contributed by atoms with van der Waals surface area (Å²) >= 11 is 0. The highest BCUT2D eigenvalue weighted by molar-refractivity contribution is 4.66. The summed E-state index contributed by atoms with van der Waals surface area (Å²) in [5.41, 5.74) is 6.21. The van der Waals surface area contributed by atoms with Crippen LogP contribution in [0.2, 0.25) is 0 Å². The van der Waals surface area contributed by atoms with Crippen LogP contribution in [0.15, 0.2) is 0 Å². The molecule has 0 saturated carbocycles. The van der Waals surface area contributed by atoms with Crippen molar-refractivity contribution in [2.24, 2.45) is 17.1 Å². The zero-order valence-electron chi connectivity index (χ0n) is 9.35. The van der Waals surface area contributed by atoms with E-state index in [9.17, 15) is 0 Å². The molecule has 0 aliphatic heterocycles. The molecule has 0 radical (unpaired) electrons. The Bertz CT molecular complexity index is 111. The van der Waals surface area contributed by atoms with Gasteiger partial charge in [-0.3, -0.25) is 0 Å². The van der Waals surface area contributed by atoms with E-state index in [1.54, 1.807) is 0 Å². The predicted molar refractivity (Wildman–Crippen MR) is 56.1 cm³/mol. The average molecular weight is 171 g/mol. The van der Waals surface area contributed by atoms with E-state index in [4.69, 9.17) is 5.73 Å². The summed E-state index contributed by atoms with van der Waals surface area (Å²) in [4.78, 5) is 0. The Morgan fingerprint density at radius 1 is 1.17 bits per heavy atom. The van der Waals surface area contributed by atoms with Crippen LogP contribution in [0.1, 0.15) is 53.9 Å². The van der Waals surface area contributed by atoms with Gasteiger partial charge < -0.3 is 5.73 Å². The molecule has 0 aliphatic carbocycles. The van der Waals surface area contributed by atoms with Crippen LogP contribution in [0.4, 0.5) is 0 Å². The highest BCUT2D eigenvalue weighted by Gasteiger charge is 2.13. The molecular formula is C11H25N. The van der Waals surface area contributed by atoms with E-state index in [2.05, 4.69) is 34.6 Å². The minimum atomic E-state index is 0.361. The third-order valence-electron chi connectivity index (χ3n) is 2.16. The van der Waals surface area contributed by atoms with Crippen LogP contribution in [-0.4, -0.2) is 6.04 Å². The molecule has 1 nitrogen and oxygen atoms in total. The Kier molecular flexibility index (Phi) is 4.84. The van der Waals surface area contributed by atoms with Crippen LogP contribution in [0.25, 0.3) is 0 Å². The van der Waals surface area contributed by atoms with Crippen molar-refractivity contribution in [1.29, 1.82) is 0 Å². The van der Waals surface area contributed by atoms with Gasteiger partial charge in [0.1, 0.15) is 0 Å². The monoisotopic (exact) mass is 171 g/mol. The van der Waals surface area contributed by atoms with Gasteiger partial charge in [-0.2, -0.15) is 0 Å². The van der Waals surface area contributed by atoms with E-state index in [1.165, 1.54) is 12.8 Å². The Hall–Kier alpha value is -0.0400. The quantitative estimate of drug-likeness (QED) is 0.690. The normalized spacial score (nSPS) is 17.5. The van der Waals surface area contributed by atoms with Crippen molar-refractivity contribution in [1.82, 2.24) is 0 Å². The number of rotatable bonds is 4. The van der Waals surface area contributed by atoms with Crippen molar-refractivity contribution in [3.05, 3.63) is 0 Å². The maximum absolute atomic E-state index is 5.73. The summed E-state index contributed by atoms with van der Waals surface area (Å²) in [5, 5.41) is 0. The predicted octanol–water partition coefficient (Wildman–Crippen LogP) is 3.19. The largest absolute Gasteiger partial charge is 0.328 e. The number of nitrogens with two attached hydrogens (primary N) is 1. The van der Waals surface area contributed by atoms with Crippen LogP contribution in [0.3, 0.4) is 0 Å². The van der Waals surface area contributed by atoms with Crippen LogP contribution < -0.4 is 5.73 Å². The average Bonchev–Trinajstić information content (AvgIpc) is 1.80. The molecule has 0 aromatic carbocycles. The molecule has 0 rings (SSSR count). The van der Waals surface area contributed by atoms with E-state index in [0.29, 0.717) is 11.5 Å². The first-order valence-corrected chi connectivity index (χ1v) is 5.07. The maximum Gasteiger partial charge on any atom is 0.00130 e. The van der Waals surface area contributed by atoms with Gasteiger partial charge in [-0.05, 0) is 31.1 Å². The lowest BCUT2D eigenvalue weighted by atomic mass is 9.85. The minimum absolute atomic E-state index is 0.361. The first kappa shape index (κ1) is 12.0. The van der Waals surface area contributed by atoms with E-state index in [0.717, 1.165) is 12.3 Å². The molecule has 0 spiro atoms. The van der Waals surface area contributed by atoms with Crippen LogP contribution >= 0.6 is 0 Å². The second kappa shape index (κ2) is 4.86. The summed E-state index contributed by atoms with van der Waals surface area (Å²) in [6.07, 6.45) is 3.78. The van der Waals surface area contributed by atoms with Crippen LogP contribution in [-0.2, 0) is 0 Å². The molecule has 74 valence electrons. The first-order valence-electron chi connectivity index (χ1n) is 5.07. The van der Waals surface area contributed by atoms with E-state index >= 15 is 0 Å². The molecule has 0 aliphatic rings. The van der Waals surface area contributed by atoms with Gasteiger partial charge in [0.2, 0.25) is 0 Å². The van der Waals surface area contributed by atoms with Crippen molar-refractivity contribution < 1.29 is 0 Å². The Labute approximate surface area is 77.7 Å². The van der Waals surface area contributed by atoms with E-state index in [1.807, 2.05) is 0 Å². The van der Waals surface area contributed by atoms with Crippen molar-refractivity contribution in [3.8, 4) is 0 Å². The van der Waals surface area contributed by atoms with Gasteiger partial charge in [0.25, 0.3) is 0 Å². The van der Waals surface area contributed by atoms with Crippen molar-refractivity contribution in [2.45, 2.75) is 59.9 Å². The Morgan fingerprint density at radius 2 is 1.67 bits per heavy atom. The van der Waals surface area contributed by atoms with Crippen molar-refractivity contribution in [3.63, 3.8) is 0 Å². The molecule has 12 heavy (non-hydrogen) atoms. The van der Waals surface area contributed by atoms with E-state index in [-0.39, 0.29) is 0 Å².